The maximum absolute atomic E-state index is 11.8. The van der Waals surface area contributed by atoms with Crippen molar-refractivity contribution in [3.63, 3.8) is 0 Å². The van der Waals surface area contributed by atoms with Crippen LogP contribution in [-0.2, 0) is 4.79 Å². The molecular weight excluding hydrogens is 260 g/mol. The molecule has 6 heteroatoms. The van der Waals surface area contributed by atoms with Gasteiger partial charge in [0, 0.05) is 17.6 Å². The van der Waals surface area contributed by atoms with Crippen molar-refractivity contribution >= 4 is 29.0 Å². The Morgan fingerprint density at radius 2 is 2.26 bits per heavy atom. The molecule has 5 nitrogen and oxygen atoms in total. The molecule has 1 amide bonds. The molecule has 0 aliphatic carbocycles. The summed E-state index contributed by atoms with van der Waals surface area (Å²) in [5.74, 6) is 0.234. The van der Waals surface area contributed by atoms with Crippen LogP contribution in [-0.4, -0.2) is 21.6 Å². The zero-order valence-electron chi connectivity index (χ0n) is 10.5. The fourth-order valence-corrected chi connectivity index (χ4v) is 2.15. The van der Waals surface area contributed by atoms with Gasteiger partial charge < -0.3 is 11.1 Å². The highest BCUT2D eigenvalue weighted by Gasteiger charge is 2.06. The van der Waals surface area contributed by atoms with Gasteiger partial charge in [-0.05, 0) is 36.8 Å². The van der Waals surface area contributed by atoms with Gasteiger partial charge in [0.05, 0.1) is 10.8 Å². The third-order valence-corrected chi connectivity index (χ3v) is 3.37. The minimum atomic E-state index is -0.0727. The van der Waals surface area contributed by atoms with Gasteiger partial charge in [-0.15, -0.1) is 0 Å². The number of aryl methyl sites for hydroxylation is 1. The van der Waals surface area contributed by atoms with Crippen molar-refractivity contribution < 1.29 is 4.79 Å². The van der Waals surface area contributed by atoms with E-state index in [2.05, 4.69) is 15.3 Å². The maximum atomic E-state index is 11.8. The van der Waals surface area contributed by atoms with Crippen LogP contribution in [0, 0.1) is 6.92 Å². The predicted molar refractivity (Wildman–Crippen MR) is 77.0 cm³/mol. The Hall–Kier alpha value is -2.08. The van der Waals surface area contributed by atoms with Crippen LogP contribution >= 0.6 is 11.8 Å². The third-order valence-electron chi connectivity index (χ3n) is 2.43. The molecule has 0 aliphatic rings. The van der Waals surface area contributed by atoms with Crippen LogP contribution in [0.2, 0.25) is 0 Å². The lowest BCUT2D eigenvalue weighted by molar-refractivity contribution is -0.113. The molecule has 2 aromatic rings. The second-order valence-electron chi connectivity index (χ2n) is 3.96. The van der Waals surface area contributed by atoms with Crippen LogP contribution in [0.25, 0.3) is 0 Å². The fourth-order valence-electron chi connectivity index (χ4n) is 1.52. The smallest absolute Gasteiger partial charge is 0.234 e. The Morgan fingerprint density at radius 1 is 1.42 bits per heavy atom. The number of benzene rings is 1. The van der Waals surface area contributed by atoms with E-state index in [4.69, 9.17) is 5.73 Å². The Balaban J connectivity index is 1.91. The second-order valence-corrected chi connectivity index (χ2v) is 4.95. The molecule has 0 bridgehead atoms. The number of anilines is 2. The minimum absolute atomic E-state index is 0.0727. The van der Waals surface area contributed by atoms with Crippen molar-refractivity contribution in [1.29, 1.82) is 0 Å². The summed E-state index contributed by atoms with van der Waals surface area (Å²) in [6, 6.07) is 7.16. The van der Waals surface area contributed by atoms with Gasteiger partial charge in [0.1, 0.15) is 6.33 Å². The average Bonchev–Trinajstić information content (AvgIpc) is 2.41. The number of hydrogen-bond acceptors (Lipinski definition) is 5. The number of thioether (sulfide) groups is 1. The Kier molecular flexibility index (Phi) is 4.35. The molecule has 0 saturated heterocycles. The molecule has 1 heterocycles. The lowest BCUT2D eigenvalue weighted by atomic mass is 10.2. The molecule has 0 aliphatic heterocycles. The summed E-state index contributed by atoms with van der Waals surface area (Å²) in [6.45, 7) is 1.91. The first-order valence-electron chi connectivity index (χ1n) is 5.70. The summed E-state index contributed by atoms with van der Waals surface area (Å²) >= 11 is 1.37. The third kappa shape index (κ3) is 3.96. The first-order valence-corrected chi connectivity index (χ1v) is 6.68. The first kappa shape index (κ1) is 13.4. The van der Waals surface area contributed by atoms with Gasteiger partial charge in [0.25, 0.3) is 0 Å². The van der Waals surface area contributed by atoms with Gasteiger partial charge in [0.2, 0.25) is 5.91 Å². The Bertz CT molecular complexity index is 574. The predicted octanol–water partition coefficient (Wildman–Crippen LogP) is 2.10. The van der Waals surface area contributed by atoms with Crippen LogP contribution in [0.3, 0.4) is 0 Å². The van der Waals surface area contributed by atoms with Crippen molar-refractivity contribution in [2.24, 2.45) is 0 Å². The van der Waals surface area contributed by atoms with Gasteiger partial charge >= 0.3 is 0 Å². The zero-order valence-corrected chi connectivity index (χ0v) is 11.3. The normalized spacial score (nSPS) is 10.2. The van der Waals surface area contributed by atoms with Crippen molar-refractivity contribution in [3.8, 4) is 0 Å². The second kappa shape index (κ2) is 6.19. The fraction of sp³-hybridized carbons (Fsp3) is 0.154. The van der Waals surface area contributed by atoms with E-state index in [0.717, 1.165) is 16.3 Å². The number of carbonyl (C=O) groups is 1. The minimum Gasteiger partial charge on any atom is -0.399 e. The van der Waals surface area contributed by atoms with E-state index in [1.165, 1.54) is 18.1 Å². The molecule has 3 N–H and O–H groups in total. The SMILES string of the molecule is Cc1cc(N)ccc1NC(=O)CSc1ccncn1. The molecule has 1 aromatic carbocycles. The molecule has 0 radical (unpaired) electrons. The molecule has 0 spiro atoms. The first-order chi connectivity index (χ1) is 9.15. The van der Waals surface area contributed by atoms with E-state index in [1.807, 2.05) is 13.0 Å². The number of nitrogens with one attached hydrogen (secondary N) is 1. The lowest BCUT2D eigenvalue weighted by Gasteiger charge is -2.08. The molecule has 0 atom stereocenters. The molecule has 98 valence electrons. The standard InChI is InChI=1S/C13H14N4OS/c1-9-6-10(14)2-3-11(9)17-12(18)7-19-13-4-5-15-8-16-13/h2-6,8H,7,14H2,1H3,(H,17,18). The summed E-state index contributed by atoms with van der Waals surface area (Å²) in [5.41, 5.74) is 8.07. The summed E-state index contributed by atoms with van der Waals surface area (Å²) in [7, 11) is 0. The summed E-state index contributed by atoms with van der Waals surface area (Å²) in [5, 5.41) is 3.63. The van der Waals surface area contributed by atoms with Gasteiger partial charge in [-0.2, -0.15) is 0 Å². The number of nitrogens with zero attached hydrogens (tertiary/aromatic N) is 2. The van der Waals surface area contributed by atoms with Crippen LogP contribution in [0.4, 0.5) is 11.4 Å². The highest BCUT2D eigenvalue weighted by atomic mass is 32.2. The van der Waals surface area contributed by atoms with Crippen molar-refractivity contribution in [2.45, 2.75) is 11.9 Å². The summed E-state index contributed by atoms with van der Waals surface area (Å²) < 4.78 is 0. The number of amides is 1. The number of carbonyl (C=O) groups excluding carboxylic acids is 1. The molecule has 19 heavy (non-hydrogen) atoms. The van der Waals surface area contributed by atoms with Gasteiger partial charge in [0.15, 0.2) is 0 Å². The quantitative estimate of drug-likeness (QED) is 0.507. The molecule has 2 rings (SSSR count). The molecular formula is C13H14N4OS. The van der Waals surface area contributed by atoms with Gasteiger partial charge in [-0.25, -0.2) is 9.97 Å². The van der Waals surface area contributed by atoms with Crippen LogP contribution in [0.5, 0.6) is 0 Å². The number of nitrogens with two attached hydrogens (primary N) is 1. The van der Waals surface area contributed by atoms with Crippen LogP contribution in [0.15, 0.2) is 41.8 Å². The van der Waals surface area contributed by atoms with E-state index in [9.17, 15) is 4.79 Å². The van der Waals surface area contributed by atoms with Crippen LogP contribution in [0.1, 0.15) is 5.56 Å². The van der Waals surface area contributed by atoms with Crippen molar-refractivity contribution in [2.75, 3.05) is 16.8 Å². The summed E-state index contributed by atoms with van der Waals surface area (Å²) in [6.07, 6.45) is 3.11. The number of aromatic nitrogens is 2. The highest BCUT2D eigenvalue weighted by molar-refractivity contribution is 7.99. The van der Waals surface area contributed by atoms with Gasteiger partial charge in [-0.1, -0.05) is 11.8 Å². The molecule has 1 aromatic heterocycles. The van der Waals surface area contributed by atoms with E-state index in [0.29, 0.717) is 11.4 Å². The average molecular weight is 274 g/mol. The van der Waals surface area contributed by atoms with E-state index < -0.39 is 0 Å². The monoisotopic (exact) mass is 274 g/mol. The molecule has 0 fully saturated rings. The number of rotatable bonds is 4. The van der Waals surface area contributed by atoms with E-state index in [1.54, 1.807) is 24.4 Å². The molecule has 0 unspecified atom stereocenters. The van der Waals surface area contributed by atoms with Crippen LogP contribution < -0.4 is 11.1 Å². The maximum Gasteiger partial charge on any atom is 0.234 e. The van der Waals surface area contributed by atoms with Crippen molar-refractivity contribution in [1.82, 2.24) is 9.97 Å². The Morgan fingerprint density at radius 3 is 2.95 bits per heavy atom. The topological polar surface area (TPSA) is 80.9 Å². The summed E-state index contributed by atoms with van der Waals surface area (Å²) in [4.78, 5) is 19.7. The highest BCUT2D eigenvalue weighted by Crippen LogP contribution is 2.19. The molecule has 0 saturated carbocycles. The van der Waals surface area contributed by atoms with Crippen molar-refractivity contribution in [3.05, 3.63) is 42.4 Å². The zero-order chi connectivity index (χ0) is 13.7. The van der Waals surface area contributed by atoms with E-state index in [-0.39, 0.29) is 5.91 Å². The largest absolute Gasteiger partial charge is 0.399 e. The van der Waals surface area contributed by atoms with Gasteiger partial charge in [-0.3, -0.25) is 4.79 Å². The number of hydrogen-bond donors (Lipinski definition) is 2. The lowest BCUT2D eigenvalue weighted by Crippen LogP contribution is -2.15. The number of nitrogen functional groups attached to an aromatic ring is 1. The Labute approximate surface area is 115 Å². The van der Waals surface area contributed by atoms with E-state index >= 15 is 0 Å².